The van der Waals surface area contributed by atoms with E-state index in [0.717, 1.165) is 75.3 Å². The third-order valence-corrected chi connectivity index (χ3v) is 5.91. The molecule has 1 aromatic carbocycles. The Balaban J connectivity index is 0.00000306. The number of nitrogens with one attached hydrogen (secondary N) is 1. The number of aromatic nitrogens is 1. The minimum absolute atomic E-state index is 0. The highest BCUT2D eigenvalue weighted by Crippen LogP contribution is 2.19. The van der Waals surface area contributed by atoms with Crippen molar-refractivity contribution in [3.63, 3.8) is 0 Å². The van der Waals surface area contributed by atoms with Crippen LogP contribution in [-0.2, 0) is 11.3 Å². The van der Waals surface area contributed by atoms with Gasteiger partial charge in [-0.15, -0.1) is 24.0 Å². The smallest absolute Gasteiger partial charge is 0.194 e. The lowest BCUT2D eigenvalue weighted by Crippen LogP contribution is -2.47. The van der Waals surface area contributed by atoms with E-state index < -0.39 is 0 Å². The van der Waals surface area contributed by atoms with Crippen molar-refractivity contribution in [2.75, 3.05) is 44.2 Å². The van der Waals surface area contributed by atoms with E-state index in [2.05, 4.69) is 46.1 Å². The first-order valence-corrected chi connectivity index (χ1v) is 11.8. The van der Waals surface area contributed by atoms with Crippen LogP contribution in [0.1, 0.15) is 32.3 Å². The molecule has 8 heteroatoms. The number of guanidine groups is 1. The normalized spacial score (nSPS) is 19.7. The van der Waals surface area contributed by atoms with Crippen LogP contribution in [0.4, 0.5) is 5.82 Å². The van der Waals surface area contributed by atoms with Crippen LogP contribution in [0.25, 0.3) is 0 Å². The minimum Gasteiger partial charge on any atom is -0.490 e. The molecule has 1 atom stereocenters. The van der Waals surface area contributed by atoms with Gasteiger partial charge in [0, 0.05) is 51.8 Å². The molecule has 2 aliphatic rings. The molecule has 0 amide bonds. The monoisotopic (exact) mass is 565 g/mol. The fourth-order valence-corrected chi connectivity index (χ4v) is 4.19. The van der Waals surface area contributed by atoms with E-state index in [4.69, 9.17) is 14.5 Å². The predicted molar refractivity (Wildman–Crippen MR) is 144 cm³/mol. The summed E-state index contributed by atoms with van der Waals surface area (Å²) in [6.07, 6.45) is 4.44. The number of hydrogen-bond donors (Lipinski definition) is 1. The standard InChI is InChI=1S/C25H35N5O2.HI/c1-3-26-25(29-13-11-23(12-14-29)32-22-7-5-4-6-8-22)28-18-21-9-10-24(27-17-21)30-15-16-31-20(2)19-30;/h4-10,17,20,23H,3,11-16,18-19H2,1-2H3,(H,26,28);1H. The summed E-state index contributed by atoms with van der Waals surface area (Å²) >= 11 is 0. The Morgan fingerprint density at radius 2 is 1.94 bits per heavy atom. The zero-order valence-corrected chi connectivity index (χ0v) is 22.0. The van der Waals surface area contributed by atoms with Gasteiger partial charge in [0.15, 0.2) is 5.96 Å². The lowest BCUT2D eigenvalue weighted by atomic mass is 10.1. The van der Waals surface area contributed by atoms with E-state index in [1.807, 2.05) is 36.5 Å². The SMILES string of the molecule is CCNC(=NCc1ccc(N2CCOC(C)C2)nc1)N1CCC(Oc2ccccc2)CC1.I. The van der Waals surface area contributed by atoms with Crippen molar-refractivity contribution in [2.45, 2.75) is 45.4 Å². The molecule has 1 unspecified atom stereocenters. The van der Waals surface area contributed by atoms with Crippen molar-refractivity contribution in [1.29, 1.82) is 0 Å². The number of benzene rings is 1. The molecular weight excluding hydrogens is 529 g/mol. The highest BCUT2D eigenvalue weighted by Gasteiger charge is 2.23. The van der Waals surface area contributed by atoms with Gasteiger partial charge in [0.1, 0.15) is 17.7 Å². The Morgan fingerprint density at radius 3 is 2.61 bits per heavy atom. The lowest BCUT2D eigenvalue weighted by molar-refractivity contribution is 0.0529. The largest absolute Gasteiger partial charge is 0.490 e. The van der Waals surface area contributed by atoms with Crippen LogP contribution in [0.2, 0.25) is 0 Å². The van der Waals surface area contributed by atoms with Gasteiger partial charge >= 0.3 is 0 Å². The second-order valence-electron chi connectivity index (χ2n) is 8.44. The fourth-order valence-electron chi connectivity index (χ4n) is 4.19. The number of aliphatic imine (C=N–C) groups is 1. The van der Waals surface area contributed by atoms with Gasteiger partial charge in [0.2, 0.25) is 0 Å². The van der Waals surface area contributed by atoms with Gasteiger partial charge in [0.05, 0.1) is 19.3 Å². The number of halogens is 1. The summed E-state index contributed by atoms with van der Waals surface area (Å²) in [6.45, 7) is 10.1. The van der Waals surface area contributed by atoms with Crippen LogP contribution in [0.3, 0.4) is 0 Å². The van der Waals surface area contributed by atoms with Crippen LogP contribution in [0.5, 0.6) is 5.75 Å². The molecule has 0 saturated carbocycles. The van der Waals surface area contributed by atoms with Crippen molar-refractivity contribution in [3.05, 3.63) is 54.2 Å². The number of anilines is 1. The third-order valence-electron chi connectivity index (χ3n) is 5.91. The van der Waals surface area contributed by atoms with E-state index in [1.165, 1.54) is 0 Å². The molecule has 0 bridgehead atoms. The molecule has 4 rings (SSSR count). The topological polar surface area (TPSA) is 62.2 Å². The summed E-state index contributed by atoms with van der Waals surface area (Å²) in [6, 6.07) is 14.3. The van der Waals surface area contributed by atoms with Crippen molar-refractivity contribution in [1.82, 2.24) is 15.2 Å². The molecule has 2 fully saturated rings. The van der Waals surface area contributed by atoms with E-state index in [9.17, 15) is 0 Å². The van der Waals surface area contributed by atoms with Gasteiger partial charge in [-0.25, -0.2) is 9.98 Å². The first-order valence-electron chi connectivity index (χ1n) is 11.8. The summed E-state index contributed by atoms with van der Waals surface area (Å²) in [4.78, 5) is 14.2. The average Bonchev–Trinajstić information content (AvgIpc) is 2.83. The summed E-state index contributed by atoms with van der Waals surface area (Å²) < 4.78 is 11.8. The van der Waals surface area contributed by atoms with Gasteiger partial charge in [-0.05, 0) is 37.6 Å². The second-order valence-corrected chi connectivity index (χ2v) is 8.44. The number of likely N-dealkylation sites (tertiary alicyclic amines) is 1. The summed E-state index contributed by atoms with van der Waals surface area (Å²) in [7, 11) is 0. The quantitative estimate of drug-likeness (QED) is 0.326. The van der Waals surface area contributed by atoms with E-state index >= 15 is 0 Å². The summed E-state index contributed by atoms with van der Waals surface area (Å²) in [5.74, 6) is 2.94. The van der Waals surface area contributed by atoms with E-state index in [0.29, 0.717) is 6.54 Å². The Labute approximate surface area is 214 Å². The number of piperidine rings is 1. The van der Waals surface area contributed by atoms with Crippen molar-refractivity contribution in [2.24, 2.45) is 4.99 Å². The molecule has 180 valence electrons. The van der Waals surface area contributed by atoms with Crippen LogP contribution in [0, 0.1) is 0 Å². The molecule has 0 spiro atoms. The van der Waals surface area contributed by atoms with Crippen molar-refractivity contribution in [3.8, 4) is 5.75 Å². The molecule has 0 radical (unpaired) electrons. The van der Waals surface area contributed by atoms with Crippen LogP contribution in [-0.4, -0.2) is 67.4 Å². The molecule has 1 N–H and O–H groups in total. The predicted octanol–water partition coefficient (Wildman–Crippen LogP) is 3.93. The highest BCUT2D eigenvalue weighted by atomic mass is 127. The van der Waals surface area contributed by atoms with Gasteiger partial charge in [-0.2, -0.15) is 0 Å². The zero-order chi connectivity index (χ0) is 22.2. The Kier molecular flexibility index (Phi) is 10.1. The first kappa shape index (κ1) is 25.6. The van der Waals surface area contributed by atoms with Gasteiger partial charge in [-0.3, -0.25) is 0 Å². The molecule has 2 aliphatic heterocycles. The van der Waals surface area contributed by atoms with Crippen LogP contribution < -0.4 is 15.0 Å². The van der Waals surface area contributed by atoms with Crippen LogP contribution >= 0.6 is 24.0 Å². The second kappa shape index (κ2) is 13.0. The van der Waals surface area contributed by atoms with E-state index in [1.54, 1.807) is 0 Å². The Hall–Kier alpha value is -2.07. The number of ether oxygens (including phenoxy) is 2. The molecule has 1 aromatic heterocycles. The van der Waals surface area contributed by atoms with Crippen molar-refractivity contribution < 1.29 is 9.47 Å². The number of morpholine rings is 1. The third kappa shape index (κ3) is 7.46. The first-order chi connectivity index (χ1) is 15.7. The number of para-hydroxylation sites is 1. The Bertz CT molecular complexity index is 857. The zero-order valence-electron chi connectivity index (χ0n) is 19.7. The number of hydrogen-bond acceptors (Lipinski definition) is 5. The molecule has 0 aliphatic carbocycles. The van der Waals surface area contributed by atoms with E-state index in [-0.39, 0.29) is 36.2 Å². The maximum absolute atomic E-state index is 6.13. The van der Waals surface area contributed by atoms with Crippen LogP contribution in [0.15, 0.2) is 53.7 Å². The van der Waals surface area contributed by atoms with Gasteiger partial charge in [-0.1, -0.05) is 24.3 Å². The highest BCUT2D eigenvalue weighted by molar-refractivity contribution is 14.0. The van der Waals surface area contributed by atoms with Crippen molar-refractivity contribution >= 4 is 35.8 Å². The summed E-state index contributed by atoms with van der Waals surface area (Å²) in [5, 5.41) is 3.45. The maximum atomic E-state index is 6.13. The number of nitrogens with zero attached hydrogens (tertiary/aromatic N) is 4. The Morgan fingerprint density at radius 1 is 1.15 bits per heavy atom. The minimum atomic E-state index is 0. The number of rotatable bonds is 6. The molecule has 33 heavy (non-hydrogen) atoms. The number of pyridine rings is 1. The fraction of sp³-hybridized carbons (Fsp3) is 0.520. The molecular formula is C25H36IN5O2. The average molecular weight is 566 g/mol. The molecule has 2 aromatic rings. The molecule has 7 nitrogen and oxygen atoms in total. The van der Waals surface area contributed by atoms with Gasteiger partial charge < -0.3 is 24.6 Å². The maximum Gasteiger partial charge on any atom is 0.194 e. The van der Waals surface area contributed by atoms with Gasteiger partial charge in [0.25, 0.3) is 0 Å². The lowest BCUT2D eigenvalue weighted by Gasteiger charge is -2.34. The molecule has 3 heterocycles. The molecule has 2 saturated heterocycles. The summed E-state index contributed by atoms with van der Waals surface area (Å²) in [5.41, 5.74) is 1.12.